The molecule has 1 aliphatic rings. The zero-order chi connectivity index (χ0) is 19.9. The fourth-order valence-electron chi connectivity index (χ4n) is 2.12. The van der Waals surface area contributed by atoms with E-state index < -0.39 is 10.0 Å². The Hall–Kier alpha value is -1.20. The van der Waals surface area contributed by atoms with Crippen molar-refractivity contribution in [2.75, 3.05) is 14.1 Å². The van der Waals surface area contributed by atoms with E-state index in [-0.39, 0.29) is 16.8 Å². The van der Waals surface area contributed by atoms with Gasteiger partial charge >= 0.3 is 0 Å². The summed E-state index contributed by atoms with van der Waals surface area (Å²) in [6, 6.07) is 0. The van der Waals surface area contributed by atoms with E-state index in [1.54, 1.807) is 23.5 Å². The van der Waals surface area contributed by atoms with Gasteiger partial charge in [0.2, 0.25) is 10.0 Å². The maximum atomic E-state index is 11.1. The van der Waals surface area contributed by atoms with Gasteiger partial charge in [-0.15, -0.1) is 12.6 Å². The smallest absolute Gasteiger partial charge is 0.233 e. The second-order valence-corrected chi connectivity index (χ2v) is 8.73. The molecule has 10 heteroatoms. The summed E-state index contributed by atoms with van der Waals surface area (Å²) >= 11 is 5.95. The fourth-order valence-corrected chi connectivity index (χ4v) is 4.01. The van der Waals surface area contributed by atoms with Crippen molar-refractivity contribution in [2.45, 2.75) is 32.2 Å². The molecule has 7 nitrogen and oxygen atoms in total. The normalized spacial score (nSPS) is 19.6. The molecule has 1 heterocycles. The first-order valence-electron chi connectivity index (χ1n) is 7.90. The average Bonchev–Trinajstić information content (AvgIpc) is 2.86. The van der Waals surface area contributed by atoms with Gasteiger partial charge in [0.25, 0.3) is 0 Å². The standard InChI is InChI=1S/C16H27N5O2S3/c1-11(7-6-8-12(2)26(17,22)23)19-10-20-14(9-24)15-13(3)21(5)16(18-4)25-15/h7,9-10,16,18,24H,2,6,8H2,1,3-5H3,(H,19,20)(H2,17,22,23)/b11-7+,14-9-. The van der Waals surface area contributed by atoms with Crippen LogP contribution in [0.5, 0.6) is 0 Å². The van der Waals surface area contributed by atoms with Crippen molar-refractivity contribution < 1.29 is 8.42 Å². The lowest BCUT2D eigenvalue weighted by Gasteiger charge is -2.21. The van der Waals surface area contributed by atoms with Crippen LogP contribution < -0.4 is 15.8 Å². The Morgan fingerprint density at radius 1 is 1.54 bits per heavy atom. The molecule has 0 aliphatic carbocycles. The quantitative estimate of drug-likeness (QED) is 0.261. The van der Waals surface area contributed by atoms with E-state index in [9.17, 15) is 8.42 Å². The van der Waals surface area contributed by atoms with Crippen molar-refractivity contribution in [3.05, 3.63) is 45.0 Å². The first kappa shape index (κ1) is 22.8. The van der Waals surface area contributed by atoms with Crippen LogP contribution in [0.2, 0.25) is 0 Å². The van der Waals surface area contributed by atoms with Crippen LogP contribution in [0.4, 0.5) is 0 Å². The summed E-state index contributed by atoms with van der Waals surface area (Å²) in [4.78, 5) is 7.67. The third kappa shape index (κ3) is 6.51. The molecule has 1 atom stereocenters. The number of nitrogens with zero attached hydrogens (tertiary/aromatic N) is 2. The van der Waals surface area contributed by atoms with Gasteiger partial charge < -0.3 is 10.2 Å². The molecule has 0 aromatic carbocycles. The van der Waals surface area contributed by atoms with E-state index in [1.165, 1.54) is 0 Å². The molecule has 0 amide bonds. The Kier molecular flexibility index (Phi) is 8.97. The number of thiol groups is 1. The first-order valence-corrected chi connectivity index (χ1v) is 10.8. The predicted molar refractivity (Wildman–Crippen MR) is 115 cm³/mol. The summed E-state index contributed by atoms with van der Waals surface area (Å²) in [7, 11) is 0.278. The highest BCUT2D eigenvalue weighted by Crippen LogP contribution is 2.40. The van der Waals surface area contributed by atoms with E-state index in [4.69, 9.17) is 5.14 Å². The molecule has 1 rings (SSSR count). The van der Waals surface area contributed by atoms with Gasteiger partial charge in [0.05, 0.1) is 21.8 Å². The molecule has 0 spiro atoms. The molecule has 4 N–H and O–H groups in total. The van der Waals surface area contributed by atoms with Crippen LogP contribution in [0.25, 0.3) is 0 Å². The average molecular weight is 418 g/mol. The molecule has 0 bridgehead atoms. The summed E-state index contributed by atoms with van der Waals surface area (Å²) in [6.07, 6.45) is 4.27. The molecule has 0 fully saturated rings. The second kappa shape index (κ2) is 10.2. The predicted octanol–water partition coefficient (Wildman–Crippen LogP) is 2.27. The van der Waals surface area contributed by atoms with E-state index >= 15 is 0 Å². The number of rotatable bonds is 9. The number of sulfonamides is 1. The molecule has 0 aromatic rings. The minimum absolute atomic E-state index is 0.0272. The number of aliphatic imine (C=N–C) groups is 1. The minimum Gasteiger partial charge on any atom is -0.353 e. The molecular weight excluding hydrogens is 390 g/mol. The summed E-state index contributed by atoms with van der Waals surface area (Å²) in [6.45, 7) is 7.38. The number of primary sulfonamides is 1. The lowest BCUT2D eigenvalue weighted by Crippen LogP contribution is -2.34. The van der Waals surface area contributed by atoms with Gasteiger partial charge in [-0.3, -0.25) is 5.32 Å². The van der Waals surface area contributed by atoms with Crippen molar-refractivity contribution in [3.8, 4) is 0 Å². The van der Waals surface area contributed by atoms with E-state index in [0.717, 1.165) is 22.0 Å². The van der Waals surface area contributed by atoms with Crippen LogP contribution in [-0.4, -0.2) is 39.2 Å². The molecule has 0 saturated carbocycles. The Balaban J connectivity index is 2.64. The molecule has 0 aromatic heterocycles. The summed E-state index contributed by atoms with van der Waals surface area (Å²) in [5.74, 6) is 0. The maximum absolute atomic E-state index is 11.1. The van der Waals surface area contributed by atoms with E-state index in [1.807, 2.05) is 34.0 Å². The van der Waals surface area contributed by atoms with Gasteiger partial charge in [-0.1, -0.05) is 24.4 Å². The largest absolute Gasteiger partial charge is 0.353 e. The van der Waals surface area contributed by atoms with E-state index in [2.05, 4.69) is 39.7 Å². The van der Waals surface area contributed by atoms with Gasteiger partial charge in [0.1, 0.15) is 5.50 Å². The van der Waals surface area contributed by atoms with Gasteiger partial charge in [-0.2, -0.15) is 0 Å². The molecular formula is C16H27N5O2S3. The molecule has 146 valence electrons. The molecule has 0 saturated heterocycles. The monoisotopic (exact) mass is 417 g/mol. The molecule has 0 radical (unpaired) electrons. The number of allylic oxidation sites excluding steroid dienone is 4. The van der Waals surface area contributed by atoms with Crippen LogP contribution in [0.3, 0.4) is 0 Å². The van der Waals surface area contributed by atoms with Gasteiger partial charge in [0, 0.05) is 18.4 Å². The lowest BCUT2D eigenvalue weighted by atomic mass is 10.2. The molecule has 1 aliphatic heterocycles. The van der Waals surface area contributed by atoms with Crippen molar-refractivity contribution in [2.24, 2.45) is 10.1 Å². The van der Waals surface area contributed by atoms with Crippen LogP contribution in [0.15, 0.2) is 50.0 Å². The van der Waals surface area contributed by atoms with Crippen LogP contribution in [-0.2, 0) is 10.0 Å². The number of hydrogen-bond acceptors (Lipinski definition) is 7. The van der Waals surface area contributed by atoms with Crippen molar-refractivity contribution in [1.29, 1.82) is 0 Å². The highest BCUT2D eigenvalue weighted by atomic mass is 32.2. The van der Waals surface area contributed by atoms with Crippen LogP contribution in [0.1, 0.15) is 26.7 Å². The van der Waals surface area contributed by atoms with Crippen LogP contribution in [0, 0.1) is 0 Å². The Morgan fingerprint density at radius 3 is 2.69 bits per heavy atom. The topological polar surface area (TPSA) is 99.8 Å². The number of thioether (sulfide) groups is 1. The van der Waals surface area contributed by atoms with Gasteiger partial charge in [0.15, 0.2) is 0 Å². The first-order chi connectivity index (χ1) is 12.1. The van der Waals surface area contributed by atoms with Crippen molar-refractivity contribution in [1.82, 2.24) is 15.5 Å². The number of nitrogens with two attached hydrogens (primary N) is 1. The fraction of sp³-hybridized carbons (Fsp3) is 0.438. The zero-order valence-corrected chi connectivity index (χ0v) is 18.0. The number of hydrogen-bond donors (Lipinski definition) is 4. The Labute approximate surface area is 166 Å². The highest BCUT2D eigenvalue weighted by Gasteiger charge is 2.27. The van der Waals surface area contributed by atoms with Gasteiger partial charge in [-0.05, 0) is 39.1 Å². The Morgan fingerprint density at radius 2 is 2.19 bits per heavy atom. The highest BCUT2D eigenvalue weighted by molar-refractivity contribution is 8.04. The third-order valence-electron chi connectivity index (χ3n) is 3.81. The lowest BCUT2D eigenvalue weighted by molar-refractivity contribution is 0.369. The molecule has 1 unspecified atom stereocenters. The zero-order valence-electron chi connectivity index (χ0n) is 15.5. The minimum atomic E-state index is -3.66. The van der Waals surface area contributed by atoms with E-state index in [0.29, 0.717) is 6.42 Å². The summed E-state index contributed by atoms with van der Waals surface area (Å²) < 4.78 is 22.2. The maximum Gasteiger partial charge on any atom is 0.233 e. The van der Waals surface area contributed by atoms with Crippen molar-refractivity contribution >= 4 is 40.8 Å². The second-order valence-electron chi connectivity index (χ2n) is 5.71. The Bertz CT molecular complexity index is 754. The summed E-state index contributed by atoms with van der Waals surface area (Å²) in [5, 5.41) is 13.0. The SMILES string of the molecule is C=C(CC/C=C(\C)NC=N/C(=C\S)C1=C(C)N(C)C(NC)S1)S(N)(=O)=O. The van der Waals surface area contributed by atoms with Crippen LogP contribution >= 0.6 is 24.4 Å². The van der Waals surface area contributed by atoms with Gasteiger partial charge in [-0.25, -0.2) is 18.5 Å². The third-order valence-corrected chi connectivity index (χ3v) is 6.58. The summed E-state index contributed by atoms with van der Waals surface area (Å²) in [5.41, 5.74) is 2.92. The van der Waals surface area contributed by atoms with Crippen molar-refractivity contribution in [3.63, 3.8) is 0 Å². The number of nitrogens with one attached hydrogen (secondary N) is 2. The molecule has 26 heavy (non-hydrogen) atoms.